The Morgan fingerprint density at radius 1 is 1.07 bits per heavy atom. The first kappa shape index (κ1) is 19.5. The predicted molar refractivity (Wildman–Crippen MR) is 112 cm³/mol. The van der Waals surface area contributed by atoms with Crippen LogP contribution in [0.15, 0.2) is 41.4 Å². The topological polar surface area (TPSA) is 60.3 Å². The molecule has 27 heavy (non-hydrogen) atoms. The molecule has 1 saturated heterocycles. The van der Waals surface area contributed by atoms with Crippen molar-refractivity contribution in [2.45, 2.75) is 0 Å². The molecule has 0 aliphatic carbocycles. The molecule has 0 saturated carbocycles. The molecule has 1 heterocycles. The van der Waals surface area contributed by atoms with Crippen LogP contribution in [-0.4, -0.2) is 56.3 Å². The number of halogens is 2. The van der Waals surface area contributed by atoms with Crippen LogP contribution in [0.2, 0.25) is 10.0 Å². The van der Waals surface area contributed by atoms with Gasteiger partial charge in [-0.15, -0.1) is 0 Å². The molecule has 1 aliphatic rings. The van der Waals surface area contributed by atoms with Gasteiger partial charge in [0.05, 0.1) is 12.8 Å². The van der Waals surface area contributed by atoms with Crippen LogP contribution in [-0.2, 0) is 0 Å². The van der Waals surface area contributed by atoms with Gasteiger partial charge in [0.15, 0.2) is 5.96 Å². The Morgan fingerprint density at radius 2 is 1.74 bits per heavy atom. The zero-order chi connectivity index (χ0) is 19.4. The van der Waals surface area contributed by atoms with E-state index in [4.69, 9.17) is 27.9 Å². The molecule has 0 bridgehead atoms. The summed E-state index contributed by atoms with van der Waals surface area (Å²) >= 11 is 12.1. The van der Waals surface area contributed by atoms with Crippen molar-refractivity contribution in [2.75, 3.05) is 50.6 Å². The summed E-state index contributed by atoms with van der Waals surface area (Å²) in [7, 11) is 3.36. The summed E-state index contributed by atoms with van der Waals surface area (Å²) in [6, 6.07) is 10.5. The highest BCUT2D eigenvalue weighted by molar-refractivity contribution is 6.35. The number of rotatable bonds is 3. The minimum absolute atomic E-state index is 0.194. The molecule has 0 aromatic heterocycles. The summed E-state index contributed by atoms with van der Waals surface area (Å²) in [6.07, 6.45) is 0. The molecule has 0 radical (unpaired) electrons. The zero-order valence-electron chi connectivity index (χ0n) is 15.2. The third-order valence-electron chi connectivity index (χ3n) is 4.41. The summed E-state index contributed by atoms with van der Waals surface area (Å²) in [5.41, 5.74) is 1.77. The van der Waals surface area contributed by atoms with Gasteiger partial charge in [0.2, 0.25) is 0 Å². The molecule has 144 valence electrons. The largest absolute Gasteiger partial charge is 0.508 e. The van der Waals surface area contributed by atoms with Crippen molar-refractivity contribution in [3.63, 3.8) is 0 Å². The second-order valence-corrected chi connectivity index (χ2v) is 7.03. The highest BCUT2D eigenvalue weighted by Crippen LogP contribution is 2.32. The van der Waals surface area contributed by atoms with Crippen LogP contribution < -0.4 is 15.0 Å². The Labute approximate surface area is 169 Å². The quantitative estimate of drug-likeness (QED) is 0.594. The van der Waals surface area contributed by atoms with E-state index in [1.165, 1.54) is 0 Å². The first-order valence-electron chi connectivity index (χ1n) is 8.57. The number of aromatic hydroxyl groups is 1. The maximum absolute atomic E-state index is 9.64. The average molecular weight is 409 g/mol. The monoisotopic (exact) mass is 408 g/mol. The number of benzene rings is 2. The van der Waals surface area contributed by atoms with Crippen molar-refractivity contribution in [3.05, 3.63) is 46.4 Å². The number of nitrogens with one attached hydrogen (secondary N) is 1. The fraction of sp³-hybridized carbons (Fsp3) is 0.316. The van der Waals surface area contributed by atoms with E-state index in [0.717, 1.165) is 43.5 Å². The molecular weight excluding hydrogens is 387 g/mol. The molecule has 0 amide bonds. The maximum atomic E-state index is 9.64. The number of phenols is 1. The number of hydrogen-bond donors (Lipinski definition) is 2. The second kappa shape index (κ2) is 8.59. The van der Waals surface area contributed by atoms with Crippen molar-refractivity contribution < 1.29 is 9.84 Å². The SMILES string of the molecule is CN=C(Nc1cc(Cl)cc(Cl)c1)N1CCN(c2ccc(O)cc2OC)CC1. The smallest absolute Gasteiger partial charge is 0.198 e. The van der Waals surface area contributed by atoms with Gasteiger partial charge in [-0.1, -0.05) is 23.2 Å². The summed E-state index contributed by atoms with van der Waals surface area (Å²) in [4.78, 5) is 8.79. The predicted octanol–water partition coefficient (Wildman–Crippen LogP) is 3.93. The number of aliphatic imine (C=N–C) groups is 1. The van der Waals surface area contributed by atoms with E-state index in [1.54, 1.807) is 32.4 Å². The molecule has 6 nitrogen and oxygen atoms in total. The number of nitrogens with zero attached hydrogens (tertiary/aromatic N) is 3. The molecular formula is C19H22Cl2N4O2. The molecule has 3 rings (SSSR count). The van der Waals surface area contributed by atoms with Gasteiger partial charge in [0.25, 0.3) is 0 Å². The van der Waals surface area contributed by atoms with Gasteiger partial charge in [0.1, 0.15) is 11.5 Å². The van der Waals surface area contributed by atoms with Crippen molar-refractivity contribution in [1.82, 2.24) is 4.90 Å². The fourth-order valence-electron chi connectivity index (χ4n) is 3.12. The van der Waals surface area contributed by atoms with E-state index in [9.17, 15) is 5.11 Å². The van der Waals surface area contributed by atoms with E-state index in [1.807, 2.05) is 18.2 Å². The lowest BCUT2D eigenvalue weighted by atomic mass is 10.2. The summed E-state index contributed by atoms with van der Waals surface area (Å²) in [6.45, 7) is 3.19. The lowest BCUT2D eigenvalue weighted by molar-refractivity contribution is 0.375. The van der Waals surface area contributed by atoms with E-state index in [-0.39, 0.29) is 5.75 Å². The van der Waals surface area contributed by atoms with Gasteiger partial charge in [0, 0.05) is 55.0 Å². The number of ether oxygens (including phenoxy) is 1. The lowest BCUT2D eigenvalue weighted by Crippen LogP contribution is -2.50. The molecule has 0 spiro atoms. The minimum Gasteiger partial charge on any atom is -0.508 e. The van der Waals surface area contributed by atoms with Crippen LogP contribution in [0.4, 0.5) is 11.4 Å². The van der Waals surface area contributed by atoms with Crippen molar-refractivity contribution >= 4 is 40.5 Å². The second-order valence-electron chi connectivity index (χ2n) is 6.16. The minimum atomic E-state index is 0.194. The standard InChI is InChI=1S/C19H22Cl2N4O2/c1-22-19(23-15-10-13(20)9-14(21)11-15)25-7-5-24(6-8-25)17-4-3-16(26)12-18(17)27-2/h3-4,9-12,26H,5-8H2,1-2H3,(H,22,23). The van der Waals surface area contributed by atoms with Crippen LogP contribution in [0.3, 0.4) is 0 Å². The van der Waals surface area contributed by atoms with Gasteiger partial charge < -0.3 is 25.0 Å². The number of piperazine rings is 1. The Hall–Kier alpha value is -2.31. The number of methoxy groups -OCH3 is 1. The van der Waals surface area contributed by atoms with Crippen molar-refractivity contribution in [1.29, 1.82) is 0 Å². The molecule has 0 unspecified atom stereocenters. The van der Waals surface area contributed by atoms with Crippen LogP contribution in [0.5, 0.6) is 11.5 Å². The van der Waals surface area contributed by atoms with Crippen LogP contribution in [0, 0.1) is 0 Å². The van der Waals surface area contributed by atoms with E-state index < -0.39 is 0 Å². The normalized spacial score (nSPS) is 15.0. The van der Waals surface area contributed by atoms with Gasteiger partial charge >= 0.3 is 0 Å². The summed E-state index contributed by atoms with van der Waals surface area (Å²) in [5, 5.41) is 14.1. The molecule has 8 heteroatoms. The summed E-state index contributed by atoms with van der Waals surface area (Å²) < 4.78 is 5.40. The van der Waals surface area contributed by atoms with Crippen molar-refractivity contribution in [2.24, 2.45) is 4.99 Å². The number of phenolic OH excluding ortho intramolecular Hbond substituents is 1. The lowest BCUT2D eigenvalue weighted by Gasteiger charge is -2.38. The third kappa shape index (κ3) is 4.70. The molecule has 2 N–H and O–H groups in total. The third-order valence-corrected chi connectivity index (χ3v) is 4.85. The van der Waals surface area contributed by atoms with E-state index >= 15 is 0 Å². The maximum Gasteiger partial charge on any atom is 0.198 e. The van der Waals surface area contributed by atoms with Crippen LogP contribution >= 0.6 is 23.2 Å². The van der Waals surface area contributed by atoms with Gasteiger partial charge in [-0.2, -0.15) is 0 Å². The summed E-state index contributed by atoms with van der Waals surface area (Å²) in [5.74, 6) is 1.63. The highest BCUT2D eigenvalue weighted by atomic mass is 35.5. The van der Waals surface area contributed by atoms with Crippen LogP contribution in [0.1, 0.15) is 0 Å². The first-order valence-corrected chi connectivity index (χ1v) is 9.32. The fourth-order valence-corrected chi connectivity index (χ4v) is 3.64. The Morgan fingerprint density at radius 3 is 2.33 bits per heavy atom. The number of hydrogen-bond acceptors (Lipinski definition) is 4. The molecule has 2 aromatic carbocycles. The van der Waals surface area contributed by atoms with Gasteiger partial charge in [-0.05, 0) is 30.3 Å². The Kier molecular flexibility index (Phi) is 6.19. The molecule has 0 atom stereocenters. The van der Waals surface area contributed by atoms with E-state index in [2.05, 4.69) is 20.1 Å². The average Bonchev–Trinajstić information content (AvgIpc) is 2.65. The highest BCUT2D eigenvalue weighted by Gasteiger charge is 2.22. The van der Waals surface area contributed by atoms with Gasteiger partial charge in [-0.3, -0.25) is 4.99 Å². The number of guanidine groups is 1. The first-order chi connectivity index (χ1) is 13.0. The Balaban J connectivity index is 1.67. The molecule has 2 aromatic rings. The Bertz CT molecular complexity index is 816. The van der Waals surface area contributed by atoms with E-state index in [0.29, 0.717) is 15.8 Å². The number of anilines is 2. The van der Waals surface area contributed by atoms with Crippen molar-refractivity contribution in [3.8, 4) is 11.5 Å². The van der Waals surface area contributed by atoms with Crippen LogP contribution in [0.25, 0.3) is 0 Å². The molecule has 1 aliphatic heterocycles. The molecule has 1 fully saturated rings. The zero-order valence-corrected chi connectivity index (χ0v) is 16.8. The van der Waals surface area contributed by atoms with Gasteiger partial charge in [-0.25, -0.2) is 0 Å².